The van der Waals surface area contributed by atoms with Crippen LogP contribution in [0.15, 0.2) is 35.3 Å². The number of methoxy groups -OCH3 is 1. The summed E-state index contributed by atoms with van der Waals surface area (Å²) in [5.74, 6) is 1.74. The van der Waals surface area contributed by atoms with Crippen molar-refractivity contribution in [2.45, 2.75) is 45.7 Å². The van der Waals surface area contributed by atoms with E-state index in [1.807, 2.05) is 26.1 Å². The minimum Gasteiger partial charge on any atom is -0.497 e. The zero-order chi connectivity index (χ0) is 21.3. The number of halogens is 1. The molecule has 2 aromatic rings. The Bertz CT molecular complexity index is 814. The number of ether oxygens (including phenoxy) is 1. The SMILES string of the molecule is CN=C(NCCCn1nc(C)cc1C)NCC(c1ccc(OC)cc1)N1CCCC1.I. The summed E-state index contributed by atoms with van der Waals surface area (Å²) in [6.07, 6.45) is 3.54. The van der Waals surface area contributed by atoms with Gasteiger partial charge in [-0.05, 0) is 70.0 Å². The van der Waals surface area contributed by atoms with Crippen molar-refractivity contribution in [3.63, 3.8) is 0 Å². The Labute approximate surface area is 203 Å². The highest BCUT2D eigenvalue weighted by Gasteiger charge is 2.23. The molecule has 172 valence electrons. The molecular weight excluding hydrogens is 503 g/mol. The van der Waals surface area contributed by atoms with Crippen molar-refractivity contribution in [3.8, 4) is 5.75 Å². The molecule has 1 aromatic heterocycles. The van der Waals surface area contributed by atoms with E-state index in [0.717, 1.165) is 56.5 Å². The molecule has 31 heavy (non-hydrogen) atoms. The molecule has 0 amide bonds. The third-order valence-corrected chi connectivity index (χ3v) is 5.71. The summed E-state index contributed by atoms with van der Waals surface area (Å²) >= 11 is 0. The van der Waals surface area contributed by atoms with Crippen LogP contribution in [0.3, 0.4) is 0 Å². The van der Waals surface area contributed by atoms with Crippen LogP contribution in [0, 0.1) is 13.8 Å². The smallest absolute Gasteiger partial charge is 0.191 e. The molecule has 0 saturated carbocycles. The summed E-state index contributed by atoms with van der Waals surface area (Å²) in [7, 11) is 3.54. The largest absolute Gasteiger partial charge is 0.497 e. The maximum absolute atomic E-state index is 5.32. The Balaban J connectivity index is 0.00000341. The van der Waals surface area contributed by atoms with E-state index >= 15 is 0 Å². The number of nitrogens with one attached hydrogen (secondary N) is 2. The first-order valence-electron chi connectivity index (χ1n) is 10.9. The standard InChI is InChI=1S/C23H36N6O.HI/c1-18-16-19(2)29(27-18)15-7-12-25-23(24-3)26-17-22(28-13-5-6-14-28)20-8-10-21(30-4)11-9-20;/h8-11,16,22H,5-7,12-15,17H2,1-4H3,(H2,24,25,26);1H. The Kier molecular flexibility index (Phi) is 10.6. The summed E-state index contributed by atoms with van der Waals surface area (Å²) in [6.45, 7) is 9.02. The number of hydrogen-bond donors (Lipinski definition) is 2. The summed E-state index contributed by atoms with van der Waals surface area (Å²) in [4.78, 5) is 6.97. The lowest BCUT2D eigenvalue weighted by atomic mass is 10.1. The first-order valence-corrected chi connectivity index (χ1v) is 10.9. The zero-order valence-electron chi connectivity index (χ0n) is 19.2. The van der Waals surface area contributed by atoms with Gasteiger partial charge in [-0.3, -0.25) is 14.6 Å². The lowest BCUT2D eigenvalue weighted by Crippen LogP contribution is -2.43. The number of nitrogens with zero attached hydrogens (tertiary/aromatic N) is 4. The molecule has 7 nitrogen and oxygen atoms in total. The fraction of sp³-hybridized carbons (Fsp3) is 0.565. The first-order chi connectivity index (χ1) is 14.6. The van der Waals surface area contributed by atoms with E-state index in [0.29, 0.717) is 6.04 Å². The molecule has 2 heterocycles. The molecule has 1 aliphatic heterocycles. The van der Waals surface area contributed by atoms with E-state index in [9.17, 15) is 0 Å². The zero-order valence-corrected chi connectivity index (χ0v) is 21.6. The lowest BCUT2D eigenvalue weighted by molar-refractivity contribution is 0.245. The molecule has 1 unspecified atom stereocenters. The average molecular weight is 540 g/mol. The van der Waals surface area contributed by atoms with E-state index in [2.05, 4.69) is 55.4 Å². The second-order valence-corrected chi connectivity index (χ2v) is 7.92. The Morgan fingerprint density at radius 2 is 1.87 bits per heavy atom. The van der Waals surface area contributed by atoms with Crippen LogP contribution in [-0.4, -0.2) is 61.0 Å². The summed E-state index contributed by atoms with van der Waals surface area (Å²) in [5.41, 5.74) is 3.59. The van der Waals surface area contributed by atoms with Crippen molar-refractivity contribution in [3.05, 3.63) is 47.3 Å². The van der Waals surface area contributed by atoms with Gasteiger partial charge in [-0.15, -0.1) is 24.0 Å². The molecular formula is C23H37IN6O. The van der Waals surface area contributed by atoms with Crippen LogP contribution in [0.4, 0.5) is 0 Å². The number of likely N-dealkylation sites (tertiary alicyclic amines) is 1. The quantitative estimate of drug-likeness (QED) is 0.221. The van der Waals surface area contributed by atoms with Gasteiger partial charge in [0.1, 0.15) is 5.75 Å². The first kappa shape index (κ1) is 25.5. The molecule has 0 spiro atoms. The molecule has 1 fully saturated rings. The third kappa shape index (κ3) is 7.38. The van der Waals surface area contributed by atoms with Crippen LogP contribution >= 0.6 is 24.0 Å². The molecule has 2 N–H and O–H groups in total. The molecule has 8 heteroatoms. The molecule has 0 bridgehead atoms. The molecule has 0 radical (unpaired) electrons. The Morgan fingerprint density at radius 3 is 2.45 bits per heavy atom. The van der Waals surface area contributed by atoms with Crippen molar-refractivity contribution >= 4 is 29.9 Å². The number of aryl methyl sites for hydroxylation is 3. The van der Waals surface area contributed by atoms with E-state index in [-0.39, 0.29) is 24.0 Å². The molecule has 0 aliphatic carbocycles. The summed E-state index contributed by atoms with van der Waals surface area (Å²) in [6, 6.07) is 10.9. The van der Waals surface area contributed by atoms with Gasteiger partial charge in [0.15, 0.2) is 5.96 Å². The Hall–Kier alpha value is -1.81. The molecule has 1 atom stereocenters. The van der Waals surface area contributed by atoms with E-state index in [1.165, 1.54) is 24.1 Å². The van der Waals surface area contributed by atoms with Gasteiger partial charge < -0.3 is 15.4 Å². The van der Waals surface area contributed by atoms with Crippen LogP contribution in [0.1, 0.15) is 42.3 Å². The Morgan fingerprint density at radius 1 is 1.16 bits per heavy atom. The van der Waals surface area contributed by atoms with E-state index in [1.54, 1.807) is 7.11 Å². The van der Waals surface area contributed by atoms with Crippen LogP contribution in [0.25, 0.3) is 0 Å². The topological polar surface area (TPSA) is 66.7 Å². The van der Waals surface area contributed by atoms with Crippen molar-refractivity contribution in [2.24, 2.45) is 4.99 Å². The van der Waals surface area contributed by atoms with Gasteiger partial charge in [0, 0.05) is 32.4 Å². The van der Waals surface area contributed by atoms with Gasteiger partial charge in [-0.25, -0.2) is 0 Å². The third-order valence-electron chi connectivity index (χ3n) is 5.71. The predicted octanol–water partition coefficient (Wildman–Crippen LogP) is 3.52. The van der Waals surface area contributed by atoms with Crippen LogP contribution in [-0.2, 0) is 6.54 Å². The fourth-order valence-electron chi connectivity index (χ4n) is 4.09. The lowest BCUT2D eigenvalue weighted by Gasteiger charge is -2.29. The van der Waals surface area contributed by atoms with Crippen LogP contribution in [0.5, 0.6) is 5.75 Å². The van der Waals surface area contributed by atoms with E-state index in [4.69, 9.17) is 4.74 Å². The molecule has 1 aliphatic rings. The summed E-state index contributed by atoms with van der Waals surface area (Å²) < 4.78 is 7.39. The number of rotatable bonds is 9. The number of benzene rings is 1. The fourth-order valence-corrected chi connectivity index (χ4v) is 4.09. The second-order valence-electron chi connectivity index (χ2n) is 7.92. The minimum atomic E-state index is 0. The van der Waals surface area contributed by atoms with E-state index < -0.39 is 0 Å². The highest BCUT2D eigenvalue weighted by atomic mass is 127. The van der Waals surface area contributed by atoms with Crippen LogP contribution < -0.4 is 15.4 Å². The van der Waals surface area contributed by atoms with Gasteiger partial charge >= 0.3 is 0 Å². The normalized spacial score (nSPS) is 15.4. The molecule has 1 saturated heterocycles. The van der Waals surface area contributed by atoms with Crippen molar-refractivity contribution in [1.82, 2.24) is 25.3 Å². The van der Waals surface area contributed by atoms with Gasteiger partial charge in [0.2, 0.25) is 0 Å². The maximum atomic E-state index is 5.32. The number of aliphatic imine (C=N–C) groups is 1. The minimum absolute atomic E-state index is 0. The van der Waals surface area contributed by atoms with Crippen molar-refractivity contribution in [1.29, 1.82) is 0 Å². The number of hydrogen-bond acceptors (Lipinski definition) is 4. The van der Waals surface area contributed by atoms with Gasteiger partial charge in [-0.1, -0.05) is 12.1 Å². The van der Waals surface area contributed by atoms with Gasteiger partial charge in [0.25, 0.3) is 0 Å². The monoisotopic (exact) mass is 540 g/mol. The average Bonchev–Trinajstić information content (AvgIpc) is 3.39. The number of aromatic nitrogens is 2. The number of guanidine groups is 1. The highest BCUT2D eigenvalue weighted by Crippen LogP contribution is 2.26. The van der Waals surface area contributed by atoms with Crippen LogP contribution in [0.2, 0.25) is 0 Å². The predicted molar refractivity (Wildman–Crippen MR) is 138 cm³/mol. The summed E-state index contributed by atoms with van der Waals surface area (Å²) in [5, 5.41) is 11.5. The van der Waals surface area contributed by atoms with Gasteiger partial charge in [-0.2, -0.15) is 5.10 Å². The van der Waals surface area contributed by atoms with Crippen molar-refractivity contribution < 1.29 is 4.74 Å². The second kappa shape index (κ2) is 12.9. The van der Waals surface area contributed by atoms with Crippen molar-refractivity contribution in [2.75, 3.05) is 40.3 Å². The molecule has 3 rings (SSSR count). The highest BCUT2D eigenvalue weighted by molar-refractivity contribution is 14.0. The van der Waals surface area contributed by atoms with Gasteiger partial charge in [0.05, 0.1) is 18.8 Å². The molecule has 1 aromatic carbocycles. The maximum Gasteiger partial charge on any atom is 0.191 e.